The van der Waals surface area contributed by atoms with Crippen LogP contribution in [0, 0.1) is 26.7 Å². The highest BCUT2D eigenvalue weighted by Crippen LogP contribution is 2.22. The van der Waals surface area contributed by atoms with Crippen molar-refractivity contribution in [1.29, 1.82) is 0 Å². The smallest absolute Gasteiger partial charge is 0.239 e. The van der Waals surface area contributed by atoms with E-state index in [4.69, 9.17) is 0 Å². The molecule has 0 aliphatic carbocycles. The minimum atomic E-state index is -3.40. The Kier molecular flexibility index (Phi) is 6.77. The molecule has 130 valence electrons. The maximum absolute atomic E-state index is 12.3. The van der Waals surface area contributed by atoms with E-state index in [-0.39, 0.29) is 12.5 Å². The van der Waals surface area contributed by atoms with Crippen LogP contribution >= 0.6 is 0 Å². The molecule has 0 atom stereocenters. The average Bonchev–Trinajstić information content (AvgIpc) is 2.37. The van der Waals surface area contributed by atoms with Crippen LogP contribution in [0.4, 0.5) is 5.69 Å². The highest BCUT2D eigenvalue weighted by Gasteiger charge is 2.21. The van der Waals surface area contributed by atoms with Gasteiger partial charge < -0.3 is 5.32 Å². The Morgan fingerprint density at radius 2 is 1.70 bits per heavy atom. The molecular weight excluding hydrogens is 312 g/mol. The molecule has 0 spiro atoms. The zero-order valence-electron chi connectivity index (χ0n) is 14.9. The second-order valence-corrected chi connectivity index (χ2v) is 8.58. The number of carbonyl (C=O) groups is 1. The maximum Gasteiger partial charge on any atom is 0.239 e. The molecule has 0 saturated carbocycles. The Labute approximate surface area is 140 Å². The van der Waals surface area contributed by atoms with E-state index in [1.807, 2.05) is 46.8 Å². The monoisotopic (exact) mass is 340 g/mol. The van der Waals surface area contributed by atoms with Gasteiger partial charge in [0.25, 0.3) is 0 Å². The highest BCUT2D eigenvalue weighted by molar-refractivity contribution is 7.88. The third-order valence-corrected chi connectivity index (χ3v) is 4.94. The Morgan fingerprint density at radius 3 is 2.13 bits per heavy atom. The number of sulfonamides is 1. The van der Waals surface area contributed by atoms with Crippen LogP contribution in [-0.4, -0.2) is 38.0 Å². The summed E-state index contributed by atoms with van der Waals surface area (Å²) >= 11 is 0. The second kappa shape index (κ2) is 7.93. The van der Waals surface area contributed by atoms with Crippen molar-refractivity contribution in [2.75, 3.05) is 24.7 Å². The van der Waals surface area contributed by atoms with Crippen molar-refractivity contribution in [2.45, 2.75) is 41.0 Å². The first-order valence-corrected chi connectivity index (χ1v) is 9.68. The van der Waals surface area contributed by atoms with Crippen molar-refractivity contribution >= 4 is 21.6 Å². The number of hydrogen-bond acceptors (Lipinski definition) is 3. The van der Waals surface area contributed by atoms with Crippen LogP contribution in [0.25, 0.3) is 0 Å². The highest BCUT2D eigenvalue weighted by atomic mass is 32.2. The molecular formula is C17H28N2O3S. The summed E-state index contributed by atoms with van der Waals surface area (Å²) in [5, 5.41) is 2.85. The Morgan fingerprint density at radius 1 is 1.17 bits per heavy atom. The zero-order chi connectivity index (χ0) is 17.8. The minimum Gasteiger partial charge on any atom is -0.324 e. The number of nitrogens with one attached hydrogen (secondary N) is 1. The van der Waals surface area contributed by atoms with E-state index < -0.39 is 10.0 Å². The van der Waals surface area contributed by atoms with E-state index in [2.05, 4.69) is 5.32 Å². The molecule has 0 aliphatic rings. The third kappa shape index (κ3) is 6.31. The summed E-state index contributed by atoms with van der Waals surface area (Å²) in [6.45, 7) is 10.1. The van der Waals surface area contributed by atoms with Crippen LogP contribution < -0.4 is 5.32 Å². The summed E-state index contributed by atoms with van der Waals surface area (Å²) in [5.41, 5.74) is 3.85. The number of hydrogen-bond donors (Lipinski definition) is 1. The van der Waals surface area contributed by atoms with Gasteiger partial charge in [-0.25, -0.2) is 8.42 Å². The van der Waals surface area contributed by atoms with Crippen LogP contribution in [0.2, 0.25) is 0 Å². The SMILES string of the molecule is Cc1cc(C)c(NC(=O)CN(CCC(C)C)S(C)(=O)=O)c(C)c1. The number of aryl methyl sites for hydroxylation is 3. The number of carbonyl (C=O) groups excluding carboxylic acids is 1. The molecule has 0 bridgehead atoms. The van der Waals surface area contributed by atoms with Crippen LogP contribution in [0.1, 0.15) is 37.0 Å². The lowest BCUT2D eigenvalue weighted by Gasteiger charge is -2.21. The van der Waals surface area contributed by atoms with E-state index in [0.29, 0.717) is 12.5 Å². The van der Waals surface area contributed by atoms with Gasteiger partial charge in [0, 0.05) is 12.2 Å². The number of rotatable bonds is 7. The molecule has 0 saturated heterocycles. The van der Waals surface area contributed by atoms with Crippen molar-refractivity contribution in [2.24, 2.45) is 5.92 Å². The molecule has 0 heterocycles. The molecule has 1 aromatic carbocycles. The van der Waals surface area contributed by atoms with E-state index in [1.54, 1.807) is 0 Å². The molecule has 1 N–H and O–H groups in total. The van der Waals surface area contributed by atoms with Crippen LogP contribution in [0.3, 0.4) is 0 Å². The van der Waals surface area contributed by atoms with Gasteiger partial charge in [0.2, 0.25) is 15.9 Å². The van der Waals surface area contributed by atoms with Gasteiger partial charge in [0.15, 0.2) is 0 Å². The Balaban J connectivity index is 2.84. The topological polar surface area (TPSA) is 66.5 Å². The van der Waals surface area contributed by atoms with Gasteiger partial charge in [-0.3, -0.25) is 4.79 Å². The molecule has 5 nitrogen and oxygen atoms in total. The predicted molar refractivity (Wildman–Crippen MR) is 95.2 cm³/mol. The van der Waals surface area contributed by atoms with Gasteiger partial charge in [-0.2, -0.15) is 4.31 Å². The zero-order valence-corrected chi connectivity index (χ0v) is 15.8. The summed E-state index contributed by atoms with van der Waals surface area (Å²) in [6, 6.07) is 3.99. The van der Waals surface area contributed by atoms with Crippen LogP contribution in [-0.2, 0) is 14.8 Å². The van der Waals surface area contributed by atoms with E-state index >= 15 is 0 Å². The predicted octanol–water partition coefficient (Wildman–Crippen LogP) is 2.86. The molecule has 0 fully saturated rings. The van der Waals surface area contributed by atoms with E-state index in [1.165, 1.54) is 4.31 Å². The Hall–Kier alpha value is -1.40. The van der Waals surface area contributed by atoms with Gasteiger partial charge in [0.05, 0.1) is 12.8 Å². The van der Waals surface area contributed by atoms with Gasteiger partial charge in [-0.15, -0.1) is 0 Å². The van der Waals surface area contributed by atoms with Gasteiger partial charge in [0.1, 0.15) is 0 Å². The molecule has 1 rings (SSSR count). The van der Waals surface area contributed by atoms with Crippen LogP contribution in [0.15, 0.2) is 12.1 Å². The molecule has 23 heavy (non-hydrogen) atoms. The summed E-state index contributed by atoms with van der Waals surface area (Å²) in [7, 11) is -3.40. The third-order valence-electron chi connectivity index (χ3n) is 3.69. The molecule has 1 aromatic rings. The molecule has 0 unspecified atom stereocenters. The first kappa shape index (κ1) is 19.6. The fourth-order valence-corrected chi connectivity index (χ4v) is 3.27. The van der Waals surface area contributed by atoms with Crippen LogP contribution in [0.5, 0.6) is 0 Å². The van der Waals surface area contributed by atoms with Crippen molar-refractivity contribution in [3.63, 3.8) is 0 Å². The first-order chi connectivity index (χ1) is 10.5. The summed E-state index contributed by atoms with van der Waals surface area (Å²) in [6.07, 6.45) is 1.87. The summed E-state index contributed by atoms with van der Waals surface area (Å²) < 4.78 is 24.9. The van der Waals surface area contributed by atoms with Gasteiger partial charge in [-0.1, -0.05) is 31.5 Å². The molecule has 0 radical (unpaired) electrons. The maximum atomic E-state index is 12.3. The van der Waals surface area contributed by atoms with Gasteiger partial charge in [-0.05, 0) is 44.2 Å². The molecule has 0 aliphatic heterocycles. The molecule has 1 amide bonds. The molecule has 6 heteroatoms. The number of benzene rings is 1. The standard InChI is InChI=1S/C17H28N2O3S/c1-12(2)7-8-19(23(6,21)22)11-16(20)18-17-14(4)9-13(3)10-15(17)5/h9-10,12H,7-8,11H2,1-6H3,(H,18,20). The Bertz CT molecular complexity index is 643. The van der Waals surface area contributed by atoms with Crippen molar-refractivity contribution in [1.82, 2.24) is 4.31 Å². The summed E-state index contributed by atoms with van der Waals surface area (Å²) in [5.74, 6) is 0.0677. The lowest BCUT2D eigenvalue weighted by Crippen LogP contribution is -2.38. The fraction of sp³-hybridized carbons (Fsp3) is 0.588. The fourth-order valence-electron chi connectivity index (χ4n) is 2.48. The van der Waals surface area contributed by atoms with Crippen molar-refractivity contribution < 1.29 is 13.2 Å². The second-order valence-electron chi connectivity index (χ2n) is 6.60. The number of amides is 1. The summed E-state index contributed by atoms with van der Waals surface area (Å²) in [4.78, 5) is 12.3. The lowest BCUT2D eigenvalue weighted by atomic mass is 10.1. The normalized spacial score (nSPS) is 12.0. The largest absolute Gasteiger partial charge is 0.324 e. The first-order valence-electron chi connectivity index (χ1n) is 7.83. The van der Waals surface area contributed by atoms with Crippen molar-refractivity contribution in [3.05, 3.63) is 28.8 Å². The van der Waals surface area contributed by atoms with E-state index in [9.17, 15) is 13.2 Å². The minimum absolute atomic E-state index is 0.154. The average molecular weight is 340 g/mol. The lowest BCUT2D eigenvalue weighted by molar-refractivity contribution is -0.116. The van der Waals surface area contributed by atoms with Crippen molar-refractivity contribution in [3.8, 4) is 0 Å². The molecule has 0 aromatic heterocycles. The van der Waals surface area contributed by atoms with E-state index in [0.717, 1.165) is 35.1 Å². The quantitative estimate of drug-likeness (QED) is 0.830. The number of nitrogens with zero attached hydrogens (tertiary/aromatic N) is 1. The number of anilines is 1. The van der Waals surface area contributed by atoms with Gasteiger partial charge >= 0.3 is 0 Å².